The molecule has 0 saturated carbocycles. The van der Waals surface area contributed by atoms with Crippen molar-refractivity contribution >= 4 is 16.0 Å². The van der Waals surface area contributed by atoms with Crippen LogP contribution in [0.2, 0.25) is 0 Å². The molecule has 1 aromatic rings. The topological polar surface area (TPSA) is 81.5 Å². The van der Waals surface area contributed by atoms with Crippen LogP contribution in [-0.4, -0.2) is 47.7 Å². The number of sulfonamides is 1. The van der Waals surface area contributed by atoms with Crippen molar-refractivity contribution in [3.63, 3.8) is 0 Å². The Kier molecular flexibility index (Phi) is 3.91. The lowest BCUT2D eigenvalue weighted by Gasteiger charge is -2.21. The van der Waals surface area contributed by atoms with Gasteiger partial charge in [0.2, 0.25) is 10.0 Å². The van der Waals surface area contributed by atoms with Crippen molar-refractivity contribution in [1.82, 2.24) is 14.1 Å². The van der Waals surface area contributed by atoms with Gasteiger partial charge in [-0.3, -0.25) is 9.48 Å². The van der Waals surface area contributed by atoms with Gasteiger partial charge in [-0.2, -0.15) is 9.40 Å². The number of nitrogens with zero attached hydrogens (tertiary/aromatic N) is 3. The Morgan fingerprint density at radius 2 is 2.32 bits per heavy atom. The molecule has 0 bridgehead atoms. The van der Waals surface area contributed by atoms with Gasteiger partial charge in [0.1, 0.15) is 10.9 Å². The number of hydrogen-bond donors (Lipinski definition) is 0. The second-order valence-electron chi connectivity index (χ2n) is 4.38. The zero-order valence-corrected chi connectivity index (χ0v) is 11.8. The first-order valence-electron chi connectivity index (χ1n) is 6.14. The molecule has 0 N–H and O–H groups in total. The van der Waals surface area contributed by atoms with Crippen LogP contribution in [0.25, 0.3) is 0 Å². The van der Waals surface area contributed by atoms with Crippen LogP contribution in [0.3, 0.4) is 0 Å². The first-order valence-corrected chi connectivity index (χ1v) is 7.58. The van der Waals surface area contributed by atoms with Crippen molar-refractivity contribution in [3.8, 4) is 0 Å². The molecule has 1 unspecified atom stereocenters. The number of carbonyl (C=O) groups excluding carboxylic acids is 1. The lowest BCUT2D eigenvalue weighted by Crippen LogP contribution is -2.41. The Labute approximate surface area is 112 Å². The van der Waals surface area contributed by atoms with Gasteiger partial charge in [-0.25, -0.2) is 8.42 Å². The van der Waals surface area contributed by atoms with E-state index in [4.69, 9.17) is 4.74 Å². The molecule has 7 nitrogen and oxygen atoms in total. The van der Waals surface area contributed by atoms with E-state index in [2.05, 4.69) is 5.10 Å². The van der Waals surface area contributed by atoms with Gasteiger partial charge in [0.25, 0.3) is 0 Å². The minimum absolute atomic E-state index is 0.103. The third-order valence-electron chi connectivity index (χ3n) is 3.05. The number of carbonyl (C=O) groups is 1. The summed E-state index contributed by atoms with van der Waals surface area (Å²) in [6.07, 6.45) is 3.87. The average molecular weight is 287 g/mol. The van der Waals surface area contributed by atoms with E-state index in [1.165, 1.54) is 21.4 Å². The summed E-state index contributed by atoms with van der Waals surface area (Å²) in [7, 11) is -2.04. The summed E-state index contributed by atoms with van der Waals surface area (Å²) in [5, 5.41) is 3.86. The molecule has 2 heterocycles. The Bertz CT molecular complexity index is 566. The van der Waals surface area contributed by atoms with Gasteiger partial charge >= 0.3 is 5.97 Å². The van der Waals surface area contributed by atoms with E-state index in [0.29, 0.717) is 19.4 Å². The van der Waals surface area contributed by atoms with E-state index >= 15 is 0 Å². The highest BCUT2D eigenvalue weighted by molar-refractivity contribution is 7.89. The molecular weight excluding hydrogens is 270 g/mol. The summed E-state index contributed by atoms with van der Waals surface area (Å²) in [6, 6.07) is -0.717. The molecular formula is C11H17N3O4S. The Balaban J connectivity index is 2.27. The molecule has 1 aliphatic rings. The summed E-state index contributed by atoms with van der Waals surface area (Å²) < 4.78 is 32.4. The van der Waals surface area contributed by atoms with Crippen LogP contribution in [0, 0.1) is 0 Å². The number of aryl methyl sites for hydroxylation is 1. The maximum Gasteiger partial charge on any atom is 0.324 e. The lowest BCUT2D eigenvalue weighted by atomic mass is 10.2. The Morgan fingerprint density at radius 1 is 1.58 bits per heavy atom. The van der Waals surface area contributed by atoms with E-state index in [-0.39, 0.29) is 11.5 Å². The van der Waals surface area contributed by atoms with Crippen molar-refractivity contribution in [2.24, 2.45) is 7.05 Å². The van der Waals surface area contributed by atoms with E-state index < -0.39 is 22.0 Å². The van der Waals surface area contributed by atoms with Gasteiger partial charge in [-0.15, -0.1) is 0 Å². The second kappa shape index (κ2) is 5.30. The first kappa shape index (κ1) is 14.0. The summed E-state index contributed by atoms with van der Waals surface area (Å²) in [6.45, 7) is 2.28. The van der Waals surface area contributed by atoms with E-state index in [1.807, 2.05) is 0 Å². The lowest BCUT2D eigenvalue weighted by molar-refractivity contribution is -0.146. The molecule has 0 amide bonds. The van der Waals surface area contributed by atoms with Crippen molar-refractivity contribution in [3.05, 3.63) is 12.4 Å². The minimum atomic E-state index is -3.68. The van der Waals surface area contributed by atoms with Gasteiger partial charge in [0.15, 0.2) is 0 Å². The van der Waals surface area contributed by atoms with E-state index in [1.54, 1.807) is 14.0 Å². The van der Waals surface area contributed by atoms with Gasteiger partial charge < -0.3 is 4.74 Å². The van der Waals surface area contributed by atoms with Crippen LogP contribution < -0.4 is 0 Å². The normalized spacial score (nSPS) is 20.6. The summed E-state index contributed by atoms with van der Waals surface area (Å²) in [5.41, 5.74) is 0. The molecule has 1 fully saturated rings. The number of hydrogen-bond acceptors (Lipinski definition) is 5. The predicted octanol–water partition coefficient (Wildman–Crippen LogP) is 0.136. The molecule has 0 aromatic carbocycles. The maximum absolute atomic E-state index is 12.4. The second-order valence-corrected chi connectivity index (χ2v) is 6.27. The van der Waals surface area contributed by atoms with Crippen molar-refractivity contribution in [1.29, 1.82) is 0 Å². The molecule has 1 aliphatic heterocycles. The molecule has 1 atom stereocenters. The van der Waals surface area contributed by atoms with Crippen LogP contribution in [0.5, 0.6) is 0 Å². The highest BCUT2D eigenvalue weighted by Crippen LogP contribution is 2.26. The molecule has 1 aromatic heterocycles. The van der Waals surface area contributed by atoms with Gasteiger partial charge in [-0.05, 0) is 19.8 Å². The fourth-order valence-electron chi connectivity index (χ4n) is 2.17. The van der Waals surface area contributed by atoms with E-state index in [0.717, 1.165) is 0 Å². The summed E-state index contributed by atoms with van der Waals surface area (Å²) in [4.78, 5) is 11.9. The minimum Gasteiger partial charge on any atom is -0.465 e. The number of rotatable bonds is 4. The third kappa shape index (κ3) is 2.64. The van der Waals surface area contributed by atoms with E-state index in [9.17, 15) is 13.2 Å². The van der Waals surface area contributed by atoms with Crippen LogP contribution >= 0.6 is 0 Å². The molecule has 0 spiro atoms. The van der Waals surface area contributed by atoms with Crippen LogP contribution in [0.1, 0.15) is 19.8 Å². The standard InChI is InChI=1S/C11H17N3O4S/c1-3-18-11(15)10-5-4-6-14(10)19(16,17)9-7-12-13(2)8-9/h7-8,10H,3-6H2,1-2H3. The largest absolute Gasteiger partial charge is 0.465 e. The summed E-state index contributed by atoms with van der Waals surface area (Å²) >= 11 is 0. The van der Waals surface area contributed by atoms with Gasteiger partial charge in [0, 0.05) is 19.8 Å². The van der Waals surface area contributed by atoms with Gasteiger partial charge in [0.05, 0.1) is 12.8 Å². The molecule has 0 aliphatic carbocycles. The Hall–Kier alpha value is -1.41. The molecule has 8 heteroatoms. The molecule has 106 valence electrons. The van der Waals surface area contributed by atoms with Crippen LogP contribution in [0.4, 0.5) is 0 Å². The quantitative estimate of drug-likeness (QED) is 0.736. The fourth-order valence-corrected chi connectivity index (χ4v) is 3.80. The first-order chi connectivity index (χ1) is 8.96. The van der Waals surface area contributed by atoms with Crippen LogP contribution in [-0.2, 0) is 26.6 Å². The highest BCUT2D eigenvalue weighted by Gasteiger charge is 2.40. The molecule has 0 radical (unpaired) electrons. The predicted molar refractivity (Wildman–Crippen MR) is 66.8 cm³/mol. The number of aromatic nitrogens is 2. The SMILES string of the molecule is CCOC(=O)C1CCCN1S(=O)(=O)c1cnn(C)c1. The number of ether oxygens (including phenoxy) is 1. The van der Waals surface area contributed by atoms with Gasteiger partial charge in [-0.1, -0.05) is 0 Å². The smallest absolute Gasteiger partial charge is 0.324 e. The average Bonchev–Trinajstić information content (AvgIpc) is 2.97. The van der Waals surface area contributed by atoms with Crippen molar-refractivity contribution < 1.29 is 17.9 Å². The van der Waals surface area contributed by atoms with Crippen molar-refractivity contribution in [2.75, 3.05) is 13.2 Å². The summed E-state index contributed by atoms with van der Waals surface area (Å²) in [5.74, 6) is -0.479. The molecule has 2 rings (SSSR count). The number of esters is 1. The zero-order valence-electron chi connectivity index (χ0n) is 10.9. The molecule has 19 heavy (non-hydrogen) atoms. The molecule has 1 saturated heterocycles. The monoisotopic (exact) mass is 287 g/mol. The third-order valence-corrected chi connectivity index (χ3v) is 4.91. The Morgan fingerprint density at radius 3 is 2.89 bits per heavy atom. The van der Waals surface area contributed by atoms with Crippen molar-refractivity contribution in [2.45, 2.75) is 30.7 Å². The zero-order chi connectivity index (χ0) is 14.0. The van der Waals surface area contributed by atoms with Crippen LogP contribution in [0.15, 0.2) is 17.3 Å². The maximum atomic E-state index is 12.4. The highest BCUT2D eigenvalue weighted by atomic mass is 32.2. The fraction of sp³-hybridized carbons (Fsp3) is 0.636.